The Hall–Kier alpha value is -1.72. The Bertz CT molecular complexity index is 508. The molecule has 1 aromatic carbocycles. The third kappa shape index (κ3) is 3.93. The van der Waals surface area contributed by atoms with Gasteiger partial charge in [-0.05, 0) is 30.9 Å². The molecule has 1 fully saturated rings. The van der Waals surface area contributed by atoms with Crippen molar-refractivity contribution in [2.24, 2.45) is 11.8 Å². The number of halogens is 3. The normalized spacial score (nSPS) is 17.3. The second kappa shape index (κ2) is 7.03. The SMILES string of the molecule is COC(=O)C(COc1ccccc1C(F)(F)F)C1CCCC1. The molecule has 1 aliphatic carbocycles. The van der Waals surface area contributed by atoms with Gasteiger partial charge < -0.3 is 9.47 Å². The number of para-hydroxylation sites is 1. The summed E-state index contributed by atoms with van der Waals surface area (Å²) in [4.78, 5) is 11.9. The van der Waals surface area contributed by atoms with Crippen LogP contribution in [0.5, 0.6) is 5.75 Å². The van der Waals surface area contributed by atoms with E-state index < -0.39 is 23.6 Å². The zero-order valence-electron chi connectivity index (χ0n) is 12.4. The van der Waals surface area contributed by atoms with Crippen LogP contribution >= 0.6 is 0 Å². The summed E-state index contributed by atoms with van der Waals surface area (Å²) >= 11 is 0. The van der Waals surface area contributed by atoms with Crippen LogP contribution in [0.2, 0.25) is 0 Å². The van der Waals surface area contributed by atoms with Crippen LogP contribution < -0.4 is 4.74 Å². The van der Waals surface area contributed by atoms with Gasteiger partial charge in [-0.25, -0.2) is 0 Å². The molecule has 0 amide bonds. The van der Waals surface area contributed by atoms with Crippen molar-refractivity contribution >= 4 is 5.97 Å². The lowest BCUT2D eigenvalue weighted by atomic mass is 9.91. The number of alkyl halides is 3. The molecule has 0 heterocycles. The molecular formula is C16H19F3O3. The van der Waals surface area contributed by atoms with E-state index in [1.807, 2.05) is 0 Å². The largest absolute Gasteiger partial charge is 0.492 e. The molecule has 22 heavy (non-hydrogen) atoms. The van der Waals surface area contributed by atoms with Gasteiger partial charge in [0.2, 0.25) is 0 Å². The fourth-order valence-corrected chi connectivity index (χ4v) is 2.91. The van der Waals surface area contributed by atoms with Gasteiger partial charge in [0.15, 0.2) is 0 Å². The molecule has 1 aromatic rings. The molecule has 0 spiro atoms. The average Bonchev–Trinajstić information content (AvgIpc) is 3.00. The third-order valence-corrected chi connectivity index (χ3v) is 4.08. The summed E-state index contributed by atoms with van der Waals surface area (Å²) in [5, 5.41) is 0. The minimum Gasteiger partial charge on any atom is -0.492 e. The van der Waals surface area contributed by atoms with E-state index in [0.717, 1.165) is 31.7 Å². The molecule has 1 atom stereocenters. The minimum atomic E-state index is -4.48. The number of methoxy groups -OCH3 is 1. The Morgan fingerprint density at radius 3 is 2.50 bits per heavy atom. The second-order valence-corrected chi connectivity index (χ2v) is 5.48. The van der Waals surface area contributed by atoms with E-state index in [-0.39, 0.29) is 18.3 Å². The smallest absolute Gasteiger partial charge is 0.419 e. The summed E-state index contributed by atoms with van der Waals surface area (Å²) in [5.41, 5.74) is -0.829. The molecule has 0 aliphatic heterocycles. The highest BCUT2D eigenvalue weighted by atomic mass is 19.4. The van der Waals surface area contributed by atoms with Crippen LogP contribution in [0, 0.1) is 11.8 Å². The van der Waals surface area contributed by atoms with Gasteiger partial charge in [0.05, 0.1) is 18.6 Å². The Labute approximate surface area is 127 Å². The molecule has 0 saturated heterocycles. The zero-order chi connectivity index (χ0) is 16.2. The van der Waals surface area contributed by atoms with Crippen LogP contribution in [-0.4, -0.2) is 19.7 Å². The minimum absolute atomic E-state index is 0.0928. The molecule has 1 unspecified atom stereocenters. The van der Waals surface area contributed by atoms with Crippen molar-refractivity contribution in [1.29, 1.82) is 0 Å². The Morgan fingerprint density at radius 2 is 1.91 bits per heavy atom. The van der Waals surface area contributed by atoms with Crippen LogP contribution in [0.25, 0.3) is 0 Å². The van der Waals surface area contributed by atoms with Gasteiger partial charge in [-0.15, -0.1) is 0 Å². The predicted octanol–water partition coefficient (Wildman–Crippen LogP) is 4.06. The highest BCUT2D eigenvalue weighted by Gasteiger charge is 2.36. The van der Waals surface area contributed by atoms with Gasteiger partial charge in [0, 0.05) is 0 Å². The number of hydrogen-bond donors (Lipinski definition) is 0. The zero-order valence-corrected chi connectivity index (χ0v) is 12.4. The van der Waals surface area contributed by atoms with Crippen LogP contribution in [0.15, 0.2) is 24.3 Å². The topological polar surface area (TPSA) is 35.5 Å². The molecular weight excluding hydrogens is 297 g/mol. The van der Waals surface area contributed by atoms with Crippen molar-refractivity contribution in [3.05, 3.63) is 29.8 Å². The maximum Gasteiger partial charge on any atom is 0.419 e. The highest BCUT2D eigenvalue weighted by molar-refractivity contribution is 5.72. The van der Waals surface area contributed by atoms with Crippen LogP contribution in [0.1, 0.15) is 31.2 Å². The van der Waals surface area contributed by atoms with Crippen LogP contribution in [0.3, 0.4) is 0 Å². The number of carbonyl (C=O) groups is 1. The van der Waals surface area contributed by atoms with Crippen LogP contribution in [0.4, 0.5) is 13.2 Å². The standard InChI is InChI=1S/C16H19F3O3/c1-21-15(20)12(11-6-2-3-7-11)10-22-14-9-5-4-8-13(14)16(17,18)19/h4-5,8-9,11-12H,2-3,6-7,10H2,1H3. The van der Waals surface area contributed by atoms with Gasteiger partial charge in [-0.2, -0.15) is 13.2 Å². The van der Waals surface area contributed by atoms with Crippen molar-refractivity contribution < 1.29 is 27.4 Å². The first kappa shape index (κ1) is 16.6. The number of rotatable bonds is 5. The molecule has 0 N–H and O–H groups in total. The summed E-state index contributed by atoms with van der Waals surface area (Å²) in [5.74, 6) is -1.07. The van der Waals surface area contributed by atoms with E-state index in [1.54, 1.807) is 0 Å². The van der Waals surface area contributed by atoms with Gasteiger partial charge in [0.25, 0.3) is 0 Å². The van der Waals surface area contributed by atoms with E-state index >= 15 is 0 Å². The number of benzene rings is 1. The van der Waals surface area contributed by atoms with E-state index in [0.29, 0.717) is 0 Å². The molecule has 2 rings (SSSR count). The molecule has 1 aliphatic rings. The summed E-state index contributed by atoms with van der Waals surface area (Å²) in [6, 6.07) is 5.03. The Morgan fingerprint density at radius 1 is 1.27 bits per heavy atom. The lowest BCUT2D eigenvalue weighted by molar-refractivity contribution is -0.148. The molecule has 0 aromatic heterocycles. The Balaban J connectivity index is 2.11. The van der Waals surface area contributed by atoms with Gasteiger partial charge in [-0.1, -0.05) is 25.0 Å². The summed E-state index contributed by atoms with van der Waals surface area (Å²) in [7, 11) is 1.29. The van der Waals surface area contributed by atoms with Crippen molar-refractivity contribution in [3.63, 3.8) is 0 Å². The Kier molecular flexibility index (Phi) is 5.32. The van der Waals surface area contributed by atoms with Crippen molar-refractivity contribution in [2.75, 3.05) is 13.7 Å². The van der Waals surface area contributed by atoms with Gasteiger partial charge >= 0.3 is 12.1 Å². The van der Waals surface area contributed by atoms with Crippen molar-refractivity contribution in [2.45, 2.75) is 31.9 Å². The third-order valence-electron chi connectivity index (χ3n) is 4.08. The quantitative estimate of drug-likeness (QED) is 0.768. The lowest BCUT2D eigenvalue weighted by Crippen LogP contribution is -2.29. The first-order valence-corrected chi connectivity index (χ1v) is 7.30. The molecule has 0 radical (unpaired) electrons. The summed E-state index contributed by atoms with van der Waals surface area (Å²) < 4.78 is 48.9. The fourth-order valence-electron chi connectivity index (χ4n) is 2.91. The fraction of sp³-hybridized carbons (Fsp3) is 0.562. The van der Waals surface area contributed by atoms with Crippen molar-refractivity contribution in [3.8, 4) is 5.75 Å². The van der Waals surface area contributed by atoms with Gasteiger partial charge in [0.1, 0.15) is 12.4 Å². The number of hydrogen-bond acceptors (Lipinski definition) is 3. The second-order valence-electron chi connectivity index (χ2n) is 5.48. The van der Waals surface area contributed by atoms with Crippen molar-refractivity contribution in [1.82, 2.24) is 0 Å². The summed E-state index contributed by atoms with van der Waals surface area (Å²) in [6.45, 7) is -0.0928. The highest BCUT2D eigenvalue weighted by Crippen LogP contribution is 2.37. The maximum absolute atomic E-state index is 12.9. The summed E-state index contributed by atoms with van der Waals surface area (Å²) in [6.07, 6.45) is -0.673. The van der Waals surface area contributed by atoms with Gasteiger partial charge in [-0.3, -0.25) is 4.79 Å². The number of esters is 1. The first-order valence-electron chi connectivity index (χ1n) is 7.30. The van der Waals surface area contributed by atoms with E-state index in [4.69, 9.17) is 9.47 Å². The molecule has 122 valence electrons. The van der Waals surface area contributed by atoms with E-state index in [2.05, 4.69) is 0 Å². The van der Waals surface area contributed by atoms with Crippen LogP contribution in [-0.2, 0) is 15.7 Å². The predicted molar refractivity (Wildman–Crippen MR) is 74.4 cm³/mol. The molecule has 0 bridgehead atoms. The molecule has 3 nitrogen and oxygen atoms in total. The monoisotopic (exact) mass is 316 g/mol. The molecule has 1 saturated carbocycles. The lowest BCUT2D eigenvalue weighted by Gasteiger charge is -2.22. The first-order chi connectivity index (χ1) is 10.4. The molecule has 6 heteroatoms. The van der Waals surface area contributed by atoms with E-state index in [1.165, 1.54) is 25.3 Å². The maximum atomic E-state index is 12.9. The number of carbonyl (C=O) groups excluding carboxylic acids is 1. The van der Waals surface area contributed by atoms with E-state index in [9.17, 15) is 18.0 Å². The average molecular weight is 316 g/mol. The number of ether oxygens (including phenoxy) is 2.